The van der Waals surface area contributed by atoms with Crippen LogP contribution in [0, 0.1) is 0 Å². The van der Waals surface area contributed by atoms with Crippen LogP contribution in [0.25, 0.3) is 0 Å². The number of anilines is 1. The average molecular weight is 389 g/mol. The fourth-order valence-corrected chi connectivity index (χ4v) is 4.60. The molecule has 2 amide bonds. The number of carbonyl (C=O) groups is 2. The van der Waals surface area contributed by atoms with E-state index >= 15 is 0 Å². The van der Waals surface area contributed by atoms with Gasteiger partial charge in [-0.1, -0.05) is 13.0 Å². The molecule has 3 rings (SSSR count). The molecule has 7 nitrogen and oxygen atoms in total. The minimum atomic E-state index is -0.523. The molecule has 3 N–H and O–H groups in total. The first-order valence-electron chi connectivity index (χ1n) is 8.69. The van der Waals surface area contributed by atoms with Crippen LogP contribution in [0.3, 0.4) is 0 Å². The van der Waals surface area contributed by atoms with Crippen LogP contribution in [0.2, 0.25) is 0 Å². The van der Waals surface area contributed by atoms with Gasteiger partial charge in [0.25, 0.3) is 11.8 Å². The standard InChI is InChI=1S/C19H23N3O4S/c1-4-22-9-8-11-14(10-22)27-19(15(11)17(20)23)21-18(24)12-6-5-7-13(25-2)16(12)26-3/h5-7H,4,8-10H2,1-3H3,(H2,20,23)(H,21,24). The summed E-state index contributed by atoms with van der Waals surface area (Å²) in [6.45, 7) is 4.67. The van der Waals surface area contributed by atoms with E-state index in [0.717, 1.165) is 36.5 Å². The summed E-state index contributed by atoms with van der Waals surface area (Å²) in [5.41, 5.74) is 7.32. The number of hydrogen-bond acceptors (Lipinski definition) is 6. The van der Waals surface area contributed by atoms with E-state index < -0.39 is 5.91 Å². The molecule has 0 bridgehead atoms. The summed E-state index contributed by atoms with van der Waals surface area (Å²) in [6.07, 6.45) is 0.746. The molecule has 144 valence electrons. The average Bonchev–Trinajstić information content (AvgIpc) is 3.03. The van der Waals surface area contributed by atoms with Gasteiger partial charge in [0.15, 0.2) is 11.5 Å². The Bertz CT molecular complexity index is 878. The van der Waals surface area contributed by atoms with E-state index in [-0.39, 0.29) is 5.91 Å². The molecule has 0 spiro atoms. The van der Waals surface area contributed by atoms with Gasteiger partial charge in [0.1, 0.15) is 5.00 Å². The van der Waals surface area contributed by atoms with Gasteiger partial charge in [0, 0.05) is 18.0 Å². The molecule has 0 saturated carbocycles. The number of amides is 2. The SMILES string of the molecule is CCN1CCc2c(sc(NC(=O)c3cccc(OC)c3OC)c2C(N)=O)C1. The normalized spacial score (nSPS) is 13.7. The number of ether oxygens (including phenoxy) is 2. The van der Waals surface area contributed by atoms with Crippen LogP contribution in [-0.4, -0.2) is 44.0 Å². The van der Waals surface area contributed by atoms with Gasteiger partial charge in [0.2, 0.25) is 0 Å². The number of fused-ring (bicyclic) bond motifs is 1. The van der Waals surface area contributed by atoms with Crippen LogP contribution in [0.1, 0.15) is 38.1 Å². The van der Waals surface area contributed by atoms with Gasteiger partial charge in [-0.3, -0.25) is 14.5 Å². The Hall–Kier alpha value is -2.58. The number of benzene rings is 1. The van der Waals surface area contributed by atoms with Gasteiger partial charge < -0.3 is 20.5 Å². The third-order valence-corrected chi connectivity index (χ3v) is 5.84. The van der Waals surface area contributed by atoms with Crippen molar-refractivity contribution in [2.45, 2.75) is 19.9 Å². The minimum absolute atomic E-state index is 0.328. The summed E-state index contributed by atoms with van der Waals surface area (Å²) in [4.78, 5) is 28.3. The Kier molecular flexibility index (Phi) is 5.67. The number of nitrogens with one attached hydrogen (secondary N) is 1. The molecule has 2 aromatic rings. The zero-order chi connectivity index (χ0) is 19.6. The second-order valence-corrected chi connectivity index (χ2v) is 7.29. The van der Waals surface area contributed by atoms with Gasteiger partial charge in [0.05, 0.1) is 25.3 Å². The van der Waals surface area contributed by atoms with Crippen LogP contribution in [0.5, 0.6) is 11.5 Å². The Morgan fingerprint density at radius 1 is 1.30 bits per heavy atom. The monoisotopic (exact) mass is 389 g/mol. The summed E-state index contributed by atoms with van der Waals surface area (Å²) in [7, 11) is 2.99. The molecule has 0 unspecified atom stereocenters. The van der Waals surface area contributed by atoms with Crippen molar-refractivity contribution in [2.75, 3.05) is 32.6 Å². The Balaban J connectivity index is 1.96. The summed E-state index contributed by atoms with van der Waals surface area (Å²) in [6, 6.07) is 5.07. The number of likely N-dealkylation sites (N-methyl/N-ethyl adjacent to an activating group) is 1. The van der Waals surface area contributed by atoms with Crippen LogP contribution in [-0.2, 0) is 13.0 Å². The van der Waals surface area contributed by atoms with Crippen molar-refractivity contribution in [3.63, 3.8) is 0 Å². The smallest absolute Gasteiger partial charge is 0.260 e. The van der Waals surface area contributed by atoms with E-state index in [1.165, 1.54) is 25.6 Å². The summed E-state index contributed by atoms with van der Waals surface area (Å²) >= 11 is 1.41. The van der Waals surface area contributed by atoms with E-state index in [1.807, 2.05) is 0 Å². The van der Waals surface area contributed by atoms with Gasteiger partial charge in [-0.2, -0.15) is 0 Å². The molecule has 1 aliphatic heterocycles. The third kappa shape index (κ3) is 3.63. The maximum Gasteiger partial charge on any atom is 0.260 e. The first-order valence-corrected chi connectivity index (χ1v) is 9.50. The summed E-state index contributed by atoms with van der Waals surface area (Å²) in [5, 5.41) is 3.34. The van der Waals surface area contributed by atoms with Crippen molar-refractivity contribution in [1.82, 2.24) is 4.90 Å². The predicted octanol–water partition coefficient (Wildman–Crippen LogP) is 2.49. The van der Waals surface area contributed by atoms with Crippen LogP contribution < -0.4 is 20.5 Å². The zero-order valence-electron chi connectivity index (χ0n) is 15.6. The van der Waals surface area contributed by atoms with E-state index in [0.29, 0.717) is 27.6 Å². The minimum Gasteiger partial charge on any atom is -0.493 e. The highest BCUT2D eigenvalue weighted by Crippen LogP contribution is 2.38. The number of nitrogens with two attached hydrogens (primary N) is 1. The maximum atomic E-state index is 12.9. The molecule has 1 aliphatic rings. The maximum absolute atomic E-state index is 12.9. The van der Waals surface area contributed by atoms with E-state index in [9.17, 15) is 9.59 Å². The van der Waals surface area contributed by atoms with E-state index in [1.54, 1.807) is 18.2 Å². The number of nitrogens with zero attached hydrogens (tertiary/aromatic N) is 1. The highest BCUT2D eigenvalue weighted by Gasteiger charge is 2.28. The lowest BCUT2D eigenvalue weighted by molar-refractivity contribution is 0.1000. The highest BCUT2D eigenvalue weighted by atomic mass is 32.1. The van der Waals surface area contributed by atoms with Crippen molar-refractivity contribution in [3.05, 3.63) is 39.8 Å². The first kappa shape index (κ1) is 19.2. The predicted molar refractivity (Wildman–Crippen MR) is 105 cm³/mol. The number of thiophene rings is 1. The molecule has 1 aromatic heterocycles. The van der Waals surface area contributed by atoms with Gasteiger partial charge in [-0.05, 0) is 30.7 Å². The molecular formula is C19H23N3O4S. The number of hydrogen-bond donors (Lipinski definition) is 2. The molecule has 2 heterocycles. The number of rotatable bonds is 6. The first-order chi connectivity index (χ1) is 13.0. The van der Waals surface area contributed by atoms with E-state index in [2.05, 4.69) is 17.1 Å². The number of carbonyl (C=O) groups excluding carboxylic acids is 2. The number of methoxy groups -OCH3 is 2. The molecule has 1 aromatic carbocycles. The second kappa shape index (κ2) is 7.98. The van der Waals surface area contributed by atoms with Gasteiger partial charge >= 0.3 is 0 Å². The van der Waals surface area contributed by atoms with Gasteiger partial charge in [-0.25, -0.2) is 0 Å². The molecule has 0 radical (unpaired) electrons. The number of primary amides is 1. The lowest BCUT2D eigenvalue weighted by Crippen LogP contribution is -2.30. The molecule has 0 saturated heterocycles. The topological polar surface area (TPSA) is 93.9 Å². The van der Waals surface area contributed by atoms with Crippen LogP contribution in [0.15, 0.2) is 18.2 Å². The summed E-state index contributed by atoms with van der Waals surface area (Å²) < 4.78 is 10.6. The Morgan fingerprint density at radius 2 is 2.07 bits per heavy atom. The third-order valence-electron chi connectivity index (χ3n) is 4.70. The zero-order valence-corrected chi connectivity index (χ0v) is 16.4. The largest absolute Gasteiger partial charge is 0.493 e. The quantitative estimate of drug-likeness (QED) is 0.792. The van der Waals surface area contributed by atoms with Crippen LogP contribution >= 0.6 is 11.3 Å². The fourth-order valence-electron chi connectivity index (χ4n) is 3.31. The number of para-hydroxylation sites is 1. The van der Waals surface area contributed by atoms with E-state index in [4.69, 9.17) is 15.2 Å². The molecule has 0 aliphatic carbocycles. The fraction of sp³-hybridized carbons (Fsp3) is 0.368. The van der Waals surface area contributed by atoms with Crippen molar-refractivity contribution in [3.8, 4) is 11.5 Å². The van der Waals surface area contributed by atoms with Crippen LogP contribution in [0.4, 0.5) is 5.00 Å². The molecule has 0 atom stereocenters. The summed E-state index contributed by atoms with van der Waals surface area (Å²) in [5.74, 6) is -0.0921. The molecule has 27 heavy (non-hydrogen) atoms. The van der Waals surface area contributed by atoms with Crippen molar-refractivity contribution in [2.24, 2.45) is 5.73 Å². The highest BCUT2D eigenvalue weighted by molar-refractivity contribution is 7.17. The molecule has 8 heteroatoms. The lowest BCUT2D eigenvalue weighted by atomic mass is 10.0. The Labute approximate surface area is 162 Å². The van der Waals surface area contributed by atoms with Gasteiger partial charge in [-0.15, -0.1) is 11.3 Å². The lowest BCUT2D eigenvalue weighted by Gasteiger charge is -2.25. The molecule has 0 fully saturated rings. The van der Waals surface area contributed by atoms with Crippen molar-refractivity contribution in [1.29, 1.82) is 0 Å². The Morgan fingerprint density at radius 3 is 2.70 bits per heavy atom. The second-order valence-electron chi connectivity index (χ2n) is 6.19. The van der Waals surface area contributed by atoms with Crippen molar-refractivity contribution < 1.29 is 19.1 Å². The molecular weight excluding hydrogens is 366 g/mol. The van der Waals surface area contributed by atoms with Crippen molar-refractivity contribution >= 4 is 28.2 Å².